The maximum absolute atomic E-state index is 13.4. The van der Waals surface area contributed by atoms with Gasteiger partial charge in [0.05, 0.1) is 11.2 Å². The number of hydrogen-bond acceptors (Lipinski definition) is 3. The largest absolute Gasteiger partial charge is 0.360 e. The molecule has 4 nitrogen and oxygen atoms in total. The molecular formula is C28H35FN4. The first-order valence-electron chi connectivity index (χ1n) is 12.1. The lowest BCUT2D eigenvalue weighted by Crippen LogP contribution is -2.25. The van der Waals surface area contributed by atoms with Crippen LogP contribution in [-0.2, 0) is 6.54 Å². The summed E-state index contributed by atoms with van der Waals surface area (Å²) in [6.07, 6.45) is 2.35. The van der Waals surface area contributed by atoms with E-state index in [4.69, 9.17) is 4.98 Å². The van der Waals surface area contributed by atoms with Gasteiger partial charge in [-0.1, -0.05) is 44.2 Å². The van der Waals surface area contributed by atoms with Crippen molar-refractivity contribution in [2.75, 3.05) is 38.1 Å². The van der Waals surface area contributed by atoms with Gasteiger partial charge in [-0.2, -0.15) is 0 Å². The molecule has 4 rings (SSSR count). The second kappa shape index (κ2) is 10.3. The molecule has 0 bridgehead atoms. The normalized spacial score (nSPS) is 11.7. The Morgan fingerprint density at radius 3 is 2.33 bits per heavy atom. The van der Waals surface area contributed by atoms with Crippen molar-refractivity contribution in [1.29, 1.82) is 0 Å². The van der Waals surface area contributed by atoms with Crippen molar-refractivity contribution in [3.8, 4) is 0 Å². The molecular weight excluding hydrogens is 411 g/mol. The number of nitrogens with zero attached hydrogens (tertiary/aromatic N) is 4. The van der Waals surface area contributed by atoms with Gasteiger partial charge in [0.2, 0.25) is 0 Å². The van der Waals surface area contributed by atoms with Crippen molar-refractivity contribution >= 4 is 27.6 Å². The number of pyridine rings is 1. The van der Waals surface area contributed by atoms with Gasteiger partial charge in [0.15, 0.2) is 0 Å². The summed E-state index contributed by atoms with van der Waals surface area (Å²) in [5.74, 6) is 0.816. The Morgan fingerprint density at radius 1 is 0.909 bits per heavy atom. The second-order valence-electron chi connectivity index (χ2n) is 8.85. The number of para-hydroxylation sites is 1. The van der Waals surface area contributed by atoms with Crippen LogP contribution in [0.15, 0.2) is 54.6 Å². The SMILES string of the molecule is CCN(CC)CCCCN(C)c1cc2c3ccccc3n(Cc3ccc(F)cc3)c2c(C)n1. The van der Waals surface area contributed by atoms with E-state index >= 15 is 0 Å². The van der Waals surface area contributed by atoms with Gasteiger partial charge in [0.25, 0.3) is 0 Å². The molecule has 5 heteroatoms. The van der Waals surface area contributed by atoms with Crippen LogP contribution < -0.4 is 4.90 Å². The first-order chi connectivity index (χ1) is 16.0. The fourth-order valence-corrected chi connectivity index (χ4v) is 4.72. The van der Waals surface area contributed by atoms with Gasteiger partial charge in [-0.25, -0.2) is 9.37 Å². The van der Waals surface area contributed by atoms with Gasteiger partial charge in [0, 0.05) is 36.4 Å². The molecule has 2 heterocycles. The monoisotopic (exact) mass is 446 g/mol. The van der Waals surface area contributed by atoms with Crippen molar-refractivity contribution in [2.45, 2.75) is 40.2 Å². The molecule has 0 radical (unpaired) electrons. The summed E-state index contributed by atoms with van der Waals surface area (Å²) in [6, 6.07) is 17.5. The number of rotatable bonds is 10. The molecule has 0 fully saturated rings. The first kappa shape index (κ1) is 23.2. The van der Waals surface area contributed by atoms with Crippen LogP contribution in [0.5, 0.6) is 0 Å². The van der Waals surface area contributed by atoms with E-state index in [9.17, 15) is 4.39 Å². The van der Waals surface area contributed by atoms with E-state index < -0.39 is 0 Å². The Balaban J connectivity index is 1.63. The molecule has 0 unspecified atom stereocenters. The zero-order valence-corrected chi connectivity index (χ0v) is 20.3. The van der Waals surface area contributed by atoms with Crippen LogP contribution in [0.4, 0.5) is 10.2 Å². The summed E-state index contributed by atoms with van der Waals surface area (Å²) in [4.78, 5) is 9.75. The standard InChI is InChI=1S/C28H35FN4/c1-5-32(6-2)18-10-9-17-31(4)27-19-25-24-11-7-8-12-26(24)33(28(25)21(3)30-27)20-22-13-15-23(29)16-14-22/h7-8,11-16,19H,5-6,9-10,17-18,20H2,1-4H3. The molecule has 0 saturated heterocycles. The Morgan fingerprint density at radius 2 is 1.61 bits per heavy atom. The van der Waals surface area contributed by atoms with Crippen molar-refractivity contribution in [1.82, 2.24) is 14.5 Å². The lowest BCUT2D eigenvalue weighted by Gasteiger charge is -2.21. The van der Waals surface area contributed by atoms with Crippen LogP contribution >= 0.6 is 0 Å². The highest BCUT2D eigenvalue weighted by atomic mass is 19.1. The molecule has 0 amide bonds. The topological polar surface area (TPSA) is 24.3 Å². The molecule has 174 valence electrons. The maximum atomic E-state index is 13.4. The summed E-state index contributed by atoms with van der Waals surface area (Å²) >= 11 is 0. The molecule has 2 aromatic heterocycles. The summed E-state index contributed by atoms with van der Waals surface area (Å²) in [5, 5.41) is 2.46. The van der Waals surface area contributed by atoms with E-state index in [-0.39, 0.29) is 5.82 Å². The molecule has 0 spiro atoms. The van der Waals surface area contributed by atoms with Gasteiger partial charge in [-0.3, -0.25) is 0 Å². The van der Waals surface area contributed by atoms with Crippen molar-refractivity contribution in [3.05, 3.63) is 71.7 Å². The predicted molar refractivity (Wildman–Crippen MR) is 138 cm³/mol. The Hall–Kier alpha value is -2.92. The third kappa shape index (κ3) is 5.03. The third-order valence-corrected chi connectivity index (χ3v) is 6.67. The number of aryl methyl sites for hydroxylation is 1. The summed E-state index contributed by atoms with van der Waals surface area (Å²) < 4.78 is 15.7. The van der Waals surface area contributed by atoms with Gasteiger partial charge in [-0.05, 0) is 69.2 Å². The lowest BCUT2D eigenvalue weighted by molar-refractivity contribution is 0.297. The smallest absolute Gasteiger partial charge is 0.129 e. The number of halogens is 1. The highest BCUT2D eigenvalue weighted by Crippen LogP contribution is 2.33. The quantitative estimate of drug-likeness (QED) is 0.269. The van der Waals surface area contributed by atoms with E-state index in [1.807, 2.05) is 12.1 Å². The first-order valence-corrected chi connectivity index (χ1v) is 12.1. The average Bonchev–Trinajstić information content (AvgIpc) is 3.14. The number of hydrogen-bond donors (Lipinski definition) is 0. The minimum absolute atomic E-state index is 0.205. The Kier molecular flexibility index (Phi) is 7.29. The van der Waals surface area contributed by atoms with Crippen molar-refractivity contribution in [2.24, 2.45) is 0 Å². The van der Waals surface area contributed by atoms with Gasteiger partial charge < -0.3 is 14.4 Å². The number of aromatic nitrogens is 2. The van der Waals surface area contributed by atoms with Crippen molar-refractivity contribution in [3.63, 3.8) is 0 Å². The molecule has 0 N–H and O–H groups in total. The average molecular weight is 447 g/mol. The number of benzene rings is 2. The van der Waals surface area contributed by atoms with Gasteiger partial charge >= 0.3 is 0 Å². The van der Waals surface area contributed by atoms with Gasteiger partial charge in [-0.15, -0.1) is 0 Å². The molecule has 4 aromatic rings. The van der Waals surface area contributed by atoms with Crippen LogP contribution in [0, 0.1) is 12.7 Å². The van der Waals surface area contributed by atoms with E-state index in [1.54, 1.807) is 0 Å². The summed E-state index contributed by atoms with van der Waals surface area (Å²) in [5.41, 5.74) is 4.43. The number of unbranched alkanes of at least 4 members (excludes halogenated alkanes) is 1. The van der Waals surface area contributed by atoms with Crippen molar-refractivity contribution < 1.29 is 4.39 Å². The minimum Gasteiger partial charge on any atom is -0.360 e. The van der Waals surface area contributed by atoms with E-state index in [0.717, 1.165) is 55.2 Å². The molecule has 0 aliphatic rings. The highest BCUT2D eigenvalue weighted by Gasteiger charge is 2.16. The Labute approximate surface area is 196 Å². The van der Waals surface area contributed by atoms with Crippen LogP contribution in [0.2, 0.25) is 0 Å². The van der Waals surface area contributed by atoms with Gasteiger partial charge in [0.1, 0.15) is 11.6 Å². The number of fused-ring (bicyclic) bond motifs is 3. The van der Waals surface area contributed by atoms with Crippen LogP contribution in [0.25, 0.3) is 21.8 Å². The zero-order valence-electron chi connectivity index (χ0n) is 20.3. The maximum Gasteiger partial charge on any atom is 0.129 e. The molecule has 0 aliphatic carbocycles. The van der Waals surface area contributed by atoms with E-state index in [1.165, 1.54) is 34.8 Å². The molecule has 0 saturated carbocycles. The van der Waals surface area contributed by atoms with Crippen LogP contribution in [0.3, 0.4) is 0 Å². The Bertz CT molecular complexity index is 1210. The fraction of sp³-hybridized carbons (Fsp3) is 0.393. The van der Waals surface area contributed by atoms with Crippen LogP contribution in [-0.4, -0.2) is 47.7 Å². The second-order valence-corrected chi connectivity index (χ2v) is 8.85. The van der Waals surface area contributed by atoms with Crippen LogP contribution in [0.1, 0.15) is 37.9 Å². The third-order valence-electron chi connectivity index (χ3n) is 6.67. The molecule has 0 atom stereocenters. The number of anilines is 1. The lowest BCUT2D eigenvalue weighted by atomic mass is 10.1. The zero-order chi connectivity index (χ0) is 23.4. The summed E-state index contributed by atoms with van der Waals surface area (Å²) in [7, 11) is 2.14. The fourth-order valence-electron chi connectivity index (χ4n) is 4.72. The molecule has 2 aromatic carbocycles. The minimum atomic E-state index is -0.205. The van der Waals surface area contributed by atoms with E-state index in [2.05, 4.69) is 72.5 Å². The van der Waals surface area contributed by atoms with E-state index in [0.29, 0.717) is 6.54 Å². The molecule has 0 aliphatic heterocycles. The summed E-state index contributed by atoms with van der Waals surface area (Å²) in [6.45, 7) is 11.6. The molecule has 33 heavy (non-hydrogen) atoms. The highest BCUT2D eigenvalue weighted by molar-refractivity contribution is 6.09. The predicted octanol–water partition coefficient (Wildman–Crippen LogP) is 6.24.